The summed E-state index contributed by atoms with van der Waals surface area (Å²) in [5.74, 6) is -0.196. The van der Waals surface area contributed by atoms with Crippen molar-refractivity contribution in [3.8, 4) is 0 Å². The van der Waals surface area contributed by atoms with Crippen LogP contribution in [0.25, 0.3) is 0 Å². The van der Waals surface area contributed by atoms with Crippen molar-refractivity contribution in [2.24, 2.45) is 0 Å². The van der Waals surface area contributed by atoms with E-state index in [0.29, 0.717) is 6.54 Å². The lowest BCUT2D eigenvalue weighted by Gasteiger charge is -2.07. The summed E-state index contributed by atoms with van der Waals surface area (Å²) in [6.45, 7) is 1.55. The highest BCUT2D eigenvalue weighted by molar-refractivity contribution is 9.10. The first kappa shape index (κ1) is 13.2. The topological polar surface area (TPSA) is 12.0 Å². The molecule has 0 aromatic heterocycles. The molecule has 0 spiro atoms. The van der Waals surface area contributed by atoms with Crippen molar-refractivity contribution in [3.05, 3.63) is 69.9 Å². The Balaban J connectivity index is 1.80. The maximum absolute atomic E-state index is 13.1. The molecule has 0 aliphatic carbocycles. The van der Waals surface area contributed by atoms with Crippen LogP contribution in [0.5, 0.6) is 0 Å². The molecule has 0 heterocycles. The normalized spacial score (nSPS) is 10.6. The zero-order valence-electron chi connectivity index (χ0n) is 10.00. The van der Waals surface area contributed by atoms with E-state index in [1.807, 2.05) is 18.2 Å². The van der Waals surface area contributed by atoms with E-state index in [1.54, 1.807) is 12.1 Å². The summed E-state index contributed by atoms with van der Waals surface area (Å²) in [6, 6.07) is 15.1. The van der Waals surface area contributed by atoms with Crippen LogP contribution < -0.4 is 5.32 Å². The van der Waals surface area contributed by atoms with Crippen molar-refractivity contribution >= 4 is 15.9 Å². The fraction of sp³-hybridized carbons (Fsp3) is 0.200. The maximum Gasteiger partial charge on any atom is 0.123 e. The summed E-state index contributed by atoms with van der Waals surface area (Å²) in [7, 11) is 0. The summed E-state index contributed by atoms with van der Waals surface area (Å²) in [5.41, 5.74) is 2.26. The minimum Gasteiger partial charge on any atom is -0.312 e. The first-order valence-corrected chi connectivity index (χ1v) is 6.73. The summed E-state index contributed by atoms with van der Waals surface area (Å²) < 4.78 is 14.0. The van der Waals surface area contributed by atoms with Gasteiger partial charge in [0.15, 0.2) is 0 Å². The lowest BCUT2D eigenvalue weighted by Crippen LogP contribution is -2.17. The van der Waals surface area contributed by atoms with Gasteiger partial charge in [-0.2, -0.15) is 0 Å². The smallest absolute Gasteiger partial charge is 0.123 e. The number of hydrogen-bond donors (Lipinski definition) is 1. The third-order valence-corrected chi connectivity index (χ3v) is 3.53. The highest BCUT2D eigenvalue weighted by atomic mass is 79.9. The Bertz CT molecular complexity index is 499. The standard InChI is InChI=1S/C15H15BrFN/c16-15-7-6-14(17)10-13(15)11-18-9-8-12-4-2-1-3-5-12/h1-7,10,18H,8-9,11H2. The van der Waals surface area contributed by atoms with Crippen LogP contribution in [0.1, 0.15) is 11.1 Å². The highest BCUT2D eigenvalue weighted by Crippen LogP contribution is 2.17. The van der Waals surface area contributed by atoms with Gasteiger partial charge in [-0.25, -0.2) is 4.39 Å². The monoisotopic (exact) mass is 307 g/mol. The molecule has 0 bridgehead atoms. The van der Waals surface area contributed by atoms with Crippen molar-refractivity contribution in [1.82, 2.24) is 5.32 Å². The minimum atomic E-state index is -0.196. The second-order valence-electron chi connectivity index (χ2n) is 4.15. The molecule has 0 atom stereocenters. The average Bonchev–Trinajstić information content (AvgIpc) is 2.40. The molecule has 0 fully saturated rings. The number of benzene rings is 2. The second kappa shape index (κ2) is 6.66. The van der Waals surface area contributed by atoms with Gasteiger partial charge in [0.05, 0.1) is 0 Å². The quantitative estimate of drug-likeness (QED) is 0.826. The van der Waals surface area contributed by atoms with E-state index in [9.17, 15) is 4.39 Å². The van der Waals surface area contributed by atoms with E-state index in [1.165, 1.54) is 11.6 Å². The predicted octanol–water partition coefficient (Wildman–Crippen LogP) is 3.92. The minimum absolute atomic E-state index is 0.196. The van der Waals surface area contributed by atoms with E-state index in [4.69, 9.17) is 0 Å². The molecule has 0 saturated heterocycles. The fourth-order valence-corrected chi connectivity index (χ4v) is 2.17. The Morgan fingerprint density at radius 3 is 2.61 bits per heavy atom. The molecule has 2 aromatic rings. The zero-order valence-corrected chi connectivity index (χ0v) is 11.6. The van der Waals surface area contributed by atoms with Gasteiger partial charge in [-0.05, 0) is 42.3 Å². The first-order valence-electron chi connectivity index (χ1n) is 5.94. The Hall–Kier alpha value is -1.19. The molecule has 0 radical (unpaired) electrons. The molecule has 0 aliphatic heterocycles. The van der Waals surface area contributed by atoms with Crippen LogP contribution in [0.15, 0.2) is 53.0 Å². The molecule has 0 aliphatic rings. The maximum atomic E-state index is 13.1. The van der Waals surface area contributed by atoms with Gasteiger partial charge in [-0.1, -0.05) is 46.3 Å². The number of rotatable bonds is 5. The molecule has 18 heavy (non-hydrogen) atoms. The molecule has 2 rings (SSSR count). The van der Waals surface area contributed by atoms with Crippen molar-refractivity contribution in [3.63, 3.8) is 0 Å². The van der Waals surface area contributed by atoms with E-state index >= 15 is 0 Å². The van der Waals surface area contributed by atoms with Gasteiger partial charge < -0.3 is 5.32 Å². The molecule has 0 amide bonds. The van der Waals surface area contributed by atoms with Crippen molar-refractivity contribution < 1.29 is 4.39 Å². The van der Waals surface area contributed by atoms with Crippen molar-refractivity contribution in [2.75, 3.05) is 6.54 Å². The lowest BCUT2D eigenvalue weighted by molar-refractivity contribution is 0.619. The van der Waals surface area contributed by atoms with Crippen LogP contribution in [0.3, 0.4) is 0 Å². The van der Waals surface area contributed by atoms with Crippen LogP contribution in [0, 0.1) is 5.82 Å². The Morgan fingerprint density at radius 2 is 1.83 bits per heavy atom. The average molecular weight is 308 g/mol. The summed E-state index contributed by atoms with van der Waals surface area (Å²) in [6.07, 6.45) is 0.980. The van der Waals surface area contributed by atoms with Gasteiger partial charge in [-0.15, -0.1) is 0 Å². The van der Waals surface area contributed by atoms with Gasteiger partial charge in [0.2, 0.25) is 0 Å². The van der Waals surface area contributed by atoms with Crippen molar-refractivity contribution in [2.45, 2.75) is 13.0 Å². The van der Waals surface area contributed by atoms with Crippen LogP contribution in [-0.4, -0.2) is 6.54 Å². The number of hydrogen-bond acceptors (Lipinski definition) is 1. The van der Waals surface area contributed by atoms with Gasteiger partial charge in [0.25, 0.3) is 0 Å². The second-order valence-corrected chi connectivity index (χ2v) is 5.00. The van der Waals surface area contributed by atoms with E-state index in [0.717, 1.165) is 23.0 Å². The first-order chi connectivity index (χ1) is 8.75. The molecule has 2 aromatic carbocycles. The highest BCUT2D eigenvalue weighted by Gasteiger charge is 2.01. The van der Waals surface area contributed by atoms with E-state index in [2.05, 4.69) is 33.4 Å². The fourth-order valence-electron chi connectivity index (χ4n) is 1.78. The molecule has 0 unspecified atom stereocenters. The molecule has 94 valence electrons. The molecule has 0 saturated carbocycles. The predicted molar refractivity (Wildman–Crippen MR) is 76.0 cm³/mol. The van der Waals surface area contributed by atoms with Crippen LogP contribution in [0.4, 0.5) is 4.39 Å². The summed E-state index contributed by atoms with van der Waals surface area (Å²) in [4.78, 5) is 0. The number of nitrogens with one attached hydrogen (secondary N) is 1. The molecular weight excluding hydrogens is 293 g/mol. The van der Waals surface area contributed by atoms with Gasteiger partial charge in [0, 0.05) is 11.0 Å². The molecule has 1 nitrogen and oxygen atoms in total. The molecular formula is C15H15BrFN. The Labute approximate surface area is 115 Å². The number of halogens is 2. The molecule has 1 N–H and O–H groups in total. The van der Waals surface area contributed by atoms with Gasteiger partial charge in [-0.3, -0.25) is 0 Å². The lowest BCUT2D eigenvalue weighted by atomic mass is 10.1. The van der Waals surface area contributed by atoms with Gasteiger partial charge >= 0.3 is 0 Å². The third kappa shape index (κ3) is 3.93. The zero-order chi connectivity index (χ0) is 12.8. The summed E-state index contributed by atoms with van der Waals surface area (Å²) in [5, 5.41) is 3.32. The van der Waals surface area contributed by atoms with E-state index in [-0.39, 0.29) is 5.82 Å². The Morgan fingerprint density at radius 1 is 1.06 bits per heavy atom. The Kier molecular flexibility index (Phi) is 4.90. The summed E-state index contributed by atoms with van der Waals surface area (Å²) >= 11 is 3.42. The van der Waals surface area contributed by atoms with Crippen LogP contribution >= 0.6 is 15.9 Å². The molecule has 3 heteroatoms. The largest absolute Gasteiger partial charge is 0.312 e. The van der Waals surface area contributed by atoms with Crippen LogP contribution in [-0.2, 0) is 13.0 Å². The third-order valence-electron chi connectivity index (χ3n) is 2.76. The van der Waals surface area contributed by atoms with E-state index < -0.39 is 0 Å². The van der Waals surface area contributed by atoms with Crippen molar-refractivity contribution in [1.29, 1.82) is 0 Å². The van der Waals surface area contributed by atoms with Crippen LogP contribution in [0.2, 0.25) is 0 Å². The van der Waals surface area contributed by atoms with Gasteiger partial charge in [0.1, 0.15) is 5.82 Å². The SMILES string of the molecule is Fc1ccc(Br)c(CNCCc2ccccc2)c1.